The summed E-state index contributed by atoms with van der Waals surface area (Å²) in [5.74, 6) is 0.186. The van der Waals surface area contributed by atoms with Crippen molar-refractivity contribution in [1.82, 2.24) is 5.32 Å². The molecule has 1 aliphatic heterocycles. The molecule has 1 saturated heterocycles. The minimum atomic E-state index is -1.21. The Bertz CT molecular complexity index is 304. The lowest BCUT2D eigenvalue weighted by atomic mass is 9.87. The van der Waals surface area contributed by atoms with Crippen LogP contribution in [0.5, 0.6) is 5.75 Å². The number of hydrogen-bond donors (Lipinski definition) is 2. The lowest BCUT2D eigenvalue weighted by molar-refractivity contribution is 0.115. The average Bonchev–Trinajstić information content (AvgIpc) is 2.19. The van der Waals surface area contributed by atoms with Crippen molar-refractivity contribution in [3.63, 3.8) is 0 Å². The van der Waals surface area contributed by atoms with Gasteiger partial charge in [0.05, 0.1) is 0 Å². The molecule has 1 aliphatic rings. The molecule has 1 aromatic carbocycles. The number of phenolic OH excluding ortho intramolecular Hbond substituents is 1. The lowest BCUT2D eigenvalue weighted by Gasteiger charge is -2.30. The van der Waals surface area contributed by atoms with Crippen LogP contribution in [0.4, 0.5) is 4.39 Å². The summed E-state index contributed by atoms with van der Waals surface area (Å²) >= 11 is 0. The fourth-order valence-electron chi connectivity index (χ4n) is 1.87. The molecule has 1 heterocycles. The molecule has 0 radical (unpaired) electrons. The molecule has 1 fully saturated rings. The maximum atomic E-state index is 14.3. The zero-order valence-corrected chi connectivity index (χ0v) is 7.96. The van der Waals surface area contributed by atoms with E-state index in [2.05, 4.69) is 5.32 Å². The number of halogens is 1. The molecule has 76 valence electrons. The highest BCUT2D eigenvalue weighted by Gasteiger charge is 2.33. The van der Waals surface area contributed by atoms with Gasteiger partial charge in [0.2, 0.25) is 0 Å². The third-order valence-electron chi connectivity index (χ3n) is 2.78. The van der Waals surface area contributed by atoms with Crippen molar-refractivity contribution < 1.29 is 9.50 Å². The van der Waals surface area contributed by atoms with Gasteiger partial charge in [-0.15, -0.1) is 0 Å². The third-order valence-corrected chi connectivity index (χ3v) is 2.78. The van der Waals surface area contributed by atoms with Crippen LogP contribution in [0.15, 0.2) is 24.3 Å². The number of phenols is 1. The van der Waals surface area contributed by atoms with E-state index in [1.165, 1.54) is 0 Å². The second kappa shape index (κ2) is 3.58. The summed E-state index contributed by atoms with van der Waals surface area (Å²) in [5.41, 5.74) is -0.532. The molecular formula is C11H14FNO. The monoisotopic (exact) mass is 195 g/mol. The Morgan fingerprint density at radius 3 is 2.29 bits per heavy atom. The summed E-state index contributed by atoms with van der Waals surface area (Å²) in [5, 5.41) is 12.2. The van der Waals surface area contributed by atoms with Crippen LogP contribution < -0.4 is 5.32 Å². The Morgan fingerprint density at radius 2 is 1.71 bits per heavy atom. The predicted octanol–water partition coefficient (Wildman–Crippen LogP) is 1.94. The zero-order valence-electron chi connectivity index (χ0n) is 7.96. The van der Waals surface area contributed by atoms with Crippen LogP contribution in [-0.2, 0) is 5.67 Å². The summed E-state index contributed by atoms with van der Waals surface area (Å²) < 4.78 is 14.3. The molecule has 2 nitrogen and oxygen atoms in total. The molecule has 0 spiro atoms. The fraction of sp³-hybridized carbons (Fsp3) is 0.455. The minimum absolute atomic E-state index is 0.186. The van der Waals surface area contributed by atoms with E-state index in [9.17, 15) is 4.39 Å². The highest BCUT2D eigenvalue weighted by molar-refractivity contribution is 5.30. The number of alkyl halides is 1. The van der Waals surface area contributed by atoms with E-state index in [1.54, 1.807) is 24.3 Å². The van der Waals surface area contributed by atoms with Crippen LogP contribution in [0.25, 0.3) is 0 Å². The molecule has 3 heteroatoms. The van der Waals surface area contributed by atoms with Gasteiger partial charge < -0.3 is 10.4 Å². The van der Waals surface area contributed by atoms with E-state index in [4.69, 9.17) is 5.11 Å². The van der Waals surface area contributed by atoms with Gasteiger partial charge >= 0.3 is 0 Å². The second-order valence-corrected chi connectivity index (χ2v) is 3.76. The summed E-state index contributed by atoms with van der Waals surface area (Å²) in [4.78, 5) is 0. The molecule has 0 amide bonds. The molecule has 1 aromatic rings. The first-order valence-electron chi connectivity index (χ1n) is 4.90. The Kier molecular flexibility index (Phi) is 2.42. The lowest BCUT2D eigenvalue weighted by Crippen LogP contribution is -2.36. The quantitative estimate of drug-likeness (QED) is 0.717. The minimum Gasteiger partial charge on any atom is -0.508 e. The van der Waals surface area contributed by atoms with Crippen molar-refractivity contribution >= 4 is 0 Å². The first-order chi connectivity index (χ1) is 6.71. The van der Waals surface area contributed by atoms with Gasteiger partial charge in [-0.3, -0.25) is 0 Å². The third kappa shape index (κ3) is 1.73. The smallest absolute Gasteiger partial charge is 0.138 e. The van der Waals surface area contributed by atoms with Crippen LogP contribution >= 0.6 is 0 Å². The Balaban J connectivity index is 2.23. The summed E-state index contributed by atoms with van der Waals surface area (Å²) in [7, 11) is 0. The largest absolute Gasteiger partial charge is 0.508 e. The number of piperidine rings is 1. The topological polar surface area (TPSA) is 32.3 Å². The fourth-order valence-corrected chi connectivity index (χ4v) is 1.87. The van der Waals surface area contributed by atoms with Crippen LogP contribution in [-0.4, -0.2) is 18.2 Å². The molecule has 0 unspecified atom stereocenters. The summed E-state index contributed by atoms with van der Waals surface area (Å²) in [6.07, 6.45) is 1.02. The normalized spacial score (nSPS) is 20.6. The van der Waals surface area contributed by atoms with Gasteiger partial charge in [-0.2, -0.15) is 0 Å². The van der Waals surface area contributed by atoms with Crippen molar-refractivity contribution in [2.45, 2.75) is 18.5 Å². The molecular weight excluding hydrogens is 181 g/mol. The van der Waals surface area contributed by atoms with Gasteiger partial charge in [-0.1, -0.05) is 12.1 Å². The SMILES string of the molecule is Oc1ccc(C2(F)CCNCC2)cc1. The van der Waals surface area contributed by atoms with E-state index < -0.39 is 5.67 Å². The summed E-state index contributed by atoms with van der Waals surface area (Å²) in [6.45, 7) is 1.44. The van der Waals surface area contributed by atoms with Gasteiger partial charge in [-0.25, -0.2) is 4.39 Å². The highest BCUT2D eigenvalue weighted by Crippen LogP contribution is 2.35. The van der Waals surface area contributed by atoms with E-state index >= 15 is 0 Å². The molecule has 0 atom stereocenters. The van der Waals surface area contributed by atoms with E-state index in [-0.39, 0.29) is 5.75 Å². The standard InChI is InChI=1S/C11H14FNO/c12-11(5-7-13-8-6-11)9-1-3-10(14)4-2-9/h1-4,13-14H,5-8H2. The predicted molar refractivity (Wildman–Crippen MR) is 53.0 cm³/mol. The summed E-state index contributed by atoms with van der Waals surface area (Å²) in [6, 6.07) is 6.42. The molecule has 0 aromatic heterocycles. The van der Waals surface area contributed by atoms with Crippen molar-refractivity contribution in [1.29, 1.82) is 0 Å². The van der Waals surface area contributed by atoms with Crippen LogP contribution in [0.3, 0.4) is 0 Å². The molecule has 0 aliphatic carbocycles. The molecule has 2 rings (SSSR count). The average molecular weight is 195 g/mol. The van der Waals surface area contributed by atoms with Gasteiger partial charge in [0.1, 0.15) is 11.4 Å². The Hall–Kier alpha value is -1.09. The van der Waals surface area contributed by atoms with Gasteiger partial charge in [0, 0.05) is 0 Å². The first-order valence-corrected chi connectivity index (χ1v) is 4.90. The second-order valence-electron chi connectivity index (χ2n) is 3.76. The van der Waals surface area contributed by atoms with Gasteiger partial charge in [-0.05, 0) is 43.6 Å². The molecule has 14 heavy (non-hydrogen) atoms. The van der Waals surface area contributed by atoms with Crippen molar-refractivity contribution in [2.24, 2.45) is 0 Å². The van der Waals surface area contributed by atoms with E-state index in [1.807, 2.05) is 0 Å². The van der Waals surface area contributed by atoms with Crippen LogP contribution in [0, 0.1) is 0 Å². The number of aromatic hydroxyl groups is 1. The zero-order chi connectivity index (χ0) is 10.0. The van der Waals surface area contributed by atoms with E-state index in [0.717, 1.165) is 13.1 Å². The van der Waals surface area contributed by atoms with Crippen LogP contribution in [0.2, 0.25) is 0 Å². The van der Waals surface area contributed by atoms with Gasteiger partial charge in [0.15, 0.2) is 0 Å². The number of hydrogen-bond acceptors (Lipinski definition) is 2. The maximum absolute atomic E-state index is 14.3. The van der Waals surface area contributed by atoms with Crippen molar-refractivity contribution in [3.8, 4) is 5.75 Å². The number of nitrogens with one attached hydrogen (secondary N) is 1. The van der Waals surface area contributed by atoms with E-state index in [0.29, 0.717) is 18.4 Å². The van der Waals surface area contributed by atoms with Crippen LogP contribution in [0.1, 0.15) is 18.4 Å². The number of benzene rings is 1. The molecule has 0 saturated carbocycles. The Morgan fingerprint density at radius 1 is 1.14 bits per heavy atom. The van der Waals surface area contributed by atoms with Crippen molar-refractivity contribution in [3.05, 3.63) is 29.8 Å². The molecule has 2 N–H and O–H groups in total. The Labute approximate surface area is 82.8 Å². The molecule has 0 bridgehead atoms. The maximum Gasteiger partial charge on any atom is 0.138 e. The van der Waals surface area contributed by atoms with Crippen molar-refractivity contribution in [2.75, 3.05) is 13.1 Å². The first kappa shape index (κ1) is 9.46. The van der Waals surface area contributed by atoms with Gasteiger partial charge in [0.25, 0.3) is 0 Å². The highest BCUT2D eigenvalue weighted by atomic mass is 19.1. The number of rotatable bonds is 1.